The largest absolute Gasteiger partial charge is 0.399 e. The Morgan fingerprint density at radius 2 is 1.67 bits per heavy atom. The number of rotatable bonds is 8. The Labute approximate surface area is 128 Å². The van der Waals surface area contributed by atoms with Crippen LogP contribution in [0.5, 0.6) is 0 Å². The van der Waals surface area contributed by atoms with Crippen LogP contribution in [0, 0.1) is 5.92 Å². The molecule has 2 N–H and O–H groups in total. The van der Waals surface area contributed by atoms with Crippen molar-refractivity contribution in [2.75, 3.05) is 39.5 Å². The van der Waals surface area contributed by atoms with E-state index in [1.807, 2.05) is 32.8 Å². The molecular weight excluding hydrogens is 286 g/mol. The summed E-state index contributed by atoms with van der Waals surface area (Å²) in [6, 6.07) is 7.01. The molecule has 0 saturated heterocycles. The second kappa shape index (κ2) is 7.77. The quantitative estimate of drug-likeness (QED) is 0.741. The van der Waals surface area contributed by atoms with Gasteiger partial charge >= 0.3 is 0 Å². The third kappa shape index (κ3) is 6.46. The highest BCUT2D eigenvalue weighted by Crippen LogP contribution is 2.14. The molecule has 0 aliphatic heterocycles. The van der Waals surface area contributed by atoms with Crippen molar-refractivity contribution in [1.29, 1.82) is 0 Å². The number of hydrogen-bond donors (Lipinski definition) is 1. The minimum absolute atomic E-state index is 0.0213. The predicted octanol–water partition coefficient (Wildman–Crippen LogP) is 1.62. The van der Waals surface area contributed by atoms with Gasteiger partial charge in [0.25, 0.3) is 0 Å². The monoisotopic (exact) mass is 313 g/mol. The van der Waals surface area contributed by atoms with Crippen molar-refractivity contribution in [3.05, 3.63) is 29.8 Å². The van der Waals surface area contributed by atoms with Crippen LogP contribution in [0.15, 0.2) is 24.3 Å². The molecule has 120 valence electrons. The van der Waals surface area contributed by atoms with Crippen LogP contribution >= 0.6 is 0 Å². The third-order valence-electron chi connectivity index (χ3n) is 3.09. The summed E-state index contributed by atoms with van der Waals surface area (Å²) in [4.78, 5) is 1.99. The molecule has 0 fully saturated rings. The number of likely N-dealkylation sites (N-methyl/N-ethyl adjacent to an activating group) is 1. The van der Waals surface area contributed by atoms with E-state index in [4.69, 9.17) is 5.73 Å². The highest BCUT2D eigenvalue weighted by atomic mass is 32.2. The molecule has 0 saturated carbocycles. The third-order valence-corrected chi connectivity index (χ3v) is 4.90. The van der Waals surface area contributed by atoms with Crippen LogP contribution in [0.2, 0.25) is 0 Å². The van der Waals surface area contributed by atoms with Gasteiger partial charge in [0, 0.05) is 25.3 Å². The first-order valence-electron chi connectivity index (χ1n) is 7.17. The number of sulfonamides is 1. The lowest BCUT2D eigenvalue weighted by molar-refractivity contribution is 0.312. The number of benzene rings is 1. The summed E-state index contributed by atoms with van der Waals surface area (Å²) in [6.07, 6.45) is 0. The number of nitrogen functional groups attached to an aromatic ring is 1. The zero-order chi connectivity index (χ0) is 16.0. The summed E-state index contributed by atoms with van der Waals surface area (Å²) in [5.41, 5.74) is 7.04. The average Bonchev–Trinajstić information content (AvgIpc) is 2.36. The van der Waals surface area contributed by atoms with Crippen LogP contribution in [0.3, 0.4) is 0 Å². The number of hydrogen-bond acceptors (Lipinski definition) is 4. The van der Waals surface area contributed by atoms with Gasteiger partial charge in [-0.25, -0.2) is 12.7 Å². The van der Waals surface area contributed by atoms with Gasteiger partial charge in [-0.05, 0) is 37.7 Å². The Kier molecular flexibility index (Phi) is 6.64. The van der Waals surface area contributed by atoms with E-state index in [1.165, 1.54) is 0 Å². The smallest absolute Gasteiger partial charge is 0.218 e. The Morgan fingerprint density at radius 1 is 1.10 bits per heavy atom. The van der Waals surface area contributed by atoms with Crippen molar-refractivity contribution in [3.63, 3.8) is 0 Å². The highest BCUT2D eigenvalue weighted by molar-refractivity contribution is 7.88. The molecule has 0 spiro atoms. The van der Waals surface area contributed by atoms with Crippen LogP contribution in [0.25, 0.3) is 0 Å². The molecule has 0 atom stereocenters. The number of nitrogens with zero attached hydrogens (tertiary/aromatic N) is 2. The second-order valence-electron chi connectivity index (χ2n) is 6.05. The van der Waals surface area contributed by atoms with Gasteiger partial charge in [0.2, 0.25) is 10.0 Å². The Hall–Kier alpha value is -1.11. The Bertz CT molecular complexity index is 524. The van der Waals surface area contributed by atoms with Crippen molar-refractivity contribution in [3.8, 4) is 0 Å². The summed E-state index contributed by atoms with van der Waals surface area (Å²) in [5.74, 6) is 0.321. The summed E-state index contributed by atoms with van der Waals surface area (Å²) in [6.45, 7) is 5.84. The fourth-order valence-corrected chi connectivity index (χ4v) is 3.66. The SMILES string of the molecule is CC(C)CN(CCN(C)C)S(=O)(=O)Cc1ccc(N)cc1. The molecule has 6 heteroatoms. The summed E-state index contributed by atoms with van der Waals surface area (Å²) >= 11 is 0. The van der Waals surface area contributed by atoms with E-state index in [2.05, 4.69) is 0 Å². The van der Waals surface area contributed by atoms with Gasteiger partial charge in [-0.2, -0.15) is 0 Å². The van der Waals surface area contributed by atoms with Gasteiger partial charge in [-0.1, -0.05) is 26.0 Å². The summed E-state index contributed by atoms with van der Waals surface area (Å²) in [7, 11) is 0.576. The van der Waals surface area contributed by atoms with E-state index in [0.717, 1.165) is 5.56 Å². The number of anilines is 1. The first-order chi connectivity index (χ1) is 9.70. The maximum Gasteiger partial charge on any atom is 0.218 e. The normalized spacial score (nSPS) is 12.5. The van der Waals surface area contributed by atoms with Gasteiger partial charge in [-0.15, -0.1) is 0 Å². The van der Waals surface area contributed by atoms with Gasteiger partial charge in [0.1, 0.15) is 0 Å². The molecule has 5 nitrogen and oxygen atoms in total. The van der Waals surface area contributed by atoms with Gasteiger partial charge in [-0.3, -0.25) is 0 Å². The molecule has 0 amide bonds. The van der Waals surface area contributed by atoms with Crippen molar-refractivity contribution < 1.29 is 8.42 Å². The Balaban J connectivity index is 2.84. The van der Waals surface area contributed by atoms with E-state index in [1.54, 1.807) is 28.6 Å². The molecular formula is C15H27N3O2S. The zero-order valence-electron chi connectivity index (χ0n) is 13.4. The standard InChI is InChI=1S/C15H27N3O2S/c1-13(2)11-18(10-9-17(3)4)21(19,20)12-14-5-7-15(16)8-6-14/h5-8,13H,9-12,16H2,1-4H3. The first-order valence-corrected chi connectivity index (χ1v) is 8.78. The number of nitrogens with two attached hydrogens (primary N) is 1. The van der Waals surface area contributed by atoms with Crippen molar-refractivity contribution in [2.24, 2.45) is 5.92 Å². The van der Waals surface area contributed by atoms with E-state index in [0.29, 0.717) is 31.2 Å². The van der Waals surface area contributed by atoms with Crippen LogP contribution in [0.4, 0.5) is 5.69 Å². The maximum atomic E-state index is 12.6. The molecule has 0 aliphatic rings. The molecule has 1 aromatic rings. The molecule has 0 aliphatic carbocycles. The summed E-state index contributed by atoms with van der Waals surface area (Å²) < 4.78 is 26.8. The van der Waals surface area contributed by atoms with Crippen molar-refractivity contribution in [2.45, 2.75) is 19.6 Å². The first kappa shape index (κ1) is 17.9. The van der Waals surface area contributed by atoms with E-state index >= 15 is 0 Å². The molecule has 0 unspecified atom stereocenters. The lowest BCUT2D eigenvalue weighted by Crippen LogP contribution is -2.39. The molecule has 0 aromatic heterocycles. The second-order valence-corrected chi connectivity index (χ2v) is 8.02. The van der Waals surface area contributed by atoms with Gasteiger partial charge in [0.15, 0.2) is 0 Å². The molecule has 1 aromatic carbocycles. The lowest BCUT2D eigenvalue weighted by Gasteiger charge is -2.25. The minimum atomic E-state index is -3.31. The van der Waals surface area contributed by atoms with Crippen LogP contribution in [-0.2, 0) is 15.8 Å². The maximum absolute atomic E-state index is 12.6. The molecule has 0 bridgehead atoms. The van der Waals surface area contributed by atoms with Gasteiger partial charge in [0.05, 0.1) is 5.75 Å². The zero-order valence-corrected chi connectivity index (χ0v) is 14.2. The lowest BCUT2D eigenvalue weighted by atomic mass is 10.2. The Morgan fingerprint density at radius 3 is 2.14 bits per heavy atom. The fraction of sp³-hybridized carbons (Fsp3) is 0.600. The molecule has 0 radical (unpaired) electrons. The minimum Gasteiger partial charge on any atom is -0.399 e. The van der Waals surface area contributed by atoms with Crippen LogP contribution in [-0.4, -0.2) is 51.4 Å². The van der Waals surface area contributed by atoms with Crippen molar-refractivity contribution in [1.82, 2.24) is 9.21 Å². The summed E-state index contributed by atoms with van der Waals surface area (Å²) in [5, 5.41) is 0. The van der Waals surface area contributed by atoms with E-state index in [9.17, 15) is 8.42 Å². The fourth-order valence-electron chi connectivity index (χ4n) is 1.98. The molecule has 0 heterocycles. The van der Waals surface area contributed by atoms with Crippen molar-refractivity contribution >= 4 is 15.7 Å². The topological polar surface area (TPSA) is 66.6 Å². The van der Waals surface area contributed by atoms with Crippen LogP contribution in [0.1, 0.15) is 19.4 Å². The highest BCUT2D eigenvalue weighted by Gasteiger charge is 2.23. The molecule has 1 rings (SSSR count). The predicted molar refractivity (Wildman–Crippen MR) is 88.4 cm³/mol. The average molecular weight is 313 g/mol. The van der Waals surface area contributed by atoms with Crippen LogP contribution < -0.4 is 5.73 Å². The van der Waals surface area contributed by atoms with Gasteiger partial charge < -0.3 is 10.6 Å². The van der Waals surface area contributed by atoms with E-state index < -0.39 is 10.0 Å². The molecule has 21 heavy (non-hydrogen) atoms. The van der Waals surface area contributed by atoms with E-state index in [-0.39, 0.29) is 5.75 Å².